The van der Waals surface area contributed by atoms with Crippen molar-refractivity contribution in [1.82, 2.24) is 0 Å². The van der Waals surface area contributed by atoms with Gasteiger partial charge in [0.25, 0.3) is 0 Å². The number of ether oxygens (including phenoxy) is 3. The second-order valence-electron chi connectivity index (χ2n) is 15.5. The summed E-state index contributed by atoms with van der Waals surface area (Å²) in [4.78, 5) is 0. The zero-order valence-corrected chi connectivity index (χ0v) is 25.6. The summed E-state index contributed by atoms with van der Waals surface area (Å²) in [5.74, 6) is 2.17. The summed E-state index contributed by atoms with van der Waals surface area (Å²) in [6.45, 7) is 11.0. The van der Waals surface area contributed by atoms with Crippen LogP contribution in [0.15, 0.2) is 12.2 Å². The van der Waals surface area contributed by atoms with Gasteiger partial charge in [-0.1, -0.05) is 40.7 Å². The molecule has 0 radical (unpaired) electrons. The van der Waals surface area contributed by atoms with Crippen LogP contribution in [0.25, 0.3) is 0 Å². The van der Waals surface area contributed by atoms with Gasteiger partial charge in [0.1, 0.15) is 24.4 Å². The van der Waals surface area contributed by atoms with Gasteiger partial charge in [0.15, 0.2) is 12.1 Å². The summed E-state index contributed by atoms with van der Waals surface area (Å²) in [7, 11) is 0. The first-order chi connectivity index (χ1) is 19.3. The third kappa shape index (κ3) is 4.78. The Labute approximate surface area is 245 Å². The molecule has 2 aliphatic heterocycles. The second-order valence-corrected chi connectivity index (χ2v) is 15.5. The molecule has 0 bridgehead atoms. The van der Waals surface area contributed by atoms with Crippen LogP contribution >= 0.6 is 0 Å². The van der Waals surface area contributed by atoms with Gasteiger partial charge in [-0.05, 0) is 104 Å². The zero-order valence-electron chi connectivity index (χ0n) is 25.6. The third-order valence-corrected chi connectivity index (χ3v) is 13.1. The minimum absolute atomic E-state index is 0.0796. The minimum Gasteiger partial charge on any atom is -0.394 e. The van der Waals surface area contributed by atoms with E-state index in [4.69, 9.17) is 14.2 Å². The summed E-state index contributed by atoms with van der Waals surface area (Å²) in [6, 6.07) is 0. The average Bonchev–Trinajstić information content (AvgIpc) is 3.37. The van der Waals surface area contributed by atoms with Crippen LogP contribution in [0.4, 0.5) is 0 Å². The molecule has 6 rings (SSSR count). The molecule has 234 valence electrons. The molecule has 0 aromatic carbocycles. The second kappa shape index (κ2) is 10.8. The smallest absolute Gasteiger partial charge is 0.188 e. The molecule has 0 amide bonds. The van der Waals surface area contributed by atoms with Crippen molar-refractivity contribution < 1.29 is 39.7 Å². The van der Waals surface area contributed by atoms with E-state index in [-0.39, 0.29) is 29.0 Å². The predicted octanol–water partition coefficient (Wildman–Crippen LogP) is 3.38. The highest BCUT2D eigenvalue weighted by Crippen LogP contribution is 2.70. The fourth-order valence-electron chi connectivity index (χ4n) is 10.9. The molecule has 8 nitrogen and oxygen atoms in total. The average molecular weight is 579 g/mol. The summed E-state index contributed by atoms with van der Waals surface area (Å²) in [5, 5.41) is 51.9. The largest absolute Gasteiger partial charge is 0.394 e. The van der Waals surface area contributed by atoms with Crippen molar-refractivity contribution in [3.05, 3.63) is 12.2 Å². The van der Waals surface area contributed by atoms with Gasteiger partial charge in [0.05, 0.1) is 18.8 Å². The highest BCUT2D eigenvalue weighted by Gasteiger charge is 2.68. The van der Waals surface area contributed by atoms with Crippen LogP contribution in [0.3, 0.4) is 0 Å². The van der Waals surface area contributed by atoms with Crippen LogP contribution in [0.1, 0.15) is 86.0 Å². The fourth-order valence-corrected chi connectivity index (χ4v) is 10.9. The number of allylic oxidation sites excluding steroid dienone is 1. The Bertz CT molecular complexity index is 986. The van der Waals surface area contributed by atoms with E-state index in [1.54, 1.807) is 0 Å². The van der Waals surface area contributed by atoms with Gasteiger partial charge in [-0.2, -0.15) is 0 Å². The Balaban J connectivity index is 1.13. The van der Waals surface area contributed by atoms with Crippen molar-refractivity contribution in [3.63, 3.8) is 0 Å². The molecule has 16 atom stereocenters. The van der Waals surface area contributed by atoms with Gasteiger partial charge in [-0.15, -0.1) is 0 Å². The van der Waals surface area contributed by atoms with Crippen LogP contribution in [0, 0.1) is 52.3 Å². The van der Waals surface area contributed by atoms with Crippen LogP contribution < -0.4 is 0 Å². The van der Waals surface area contributed by atoms with Crippen molar-refractivity contribution in [2.24, 2.45) is 52.3 Å². The maximum atomic E-state index is 11.5. The van der Waals surface area contributed by atoms with Crippen LogP contribution in [-0.2, 0) is 14.2 Å². The van der Waals surface area contributed by atoms with Crippen molar-refractivity contribution >= 4 is 0 Å². The lowest BCUT2D eigenvalue weighted by molar-refractivity contribution is -0.316. The maximum absolute atomic E-state index is 11.5. The number of rotatable bonds is 5. The van der Waals surface area contributed by atoms with Crippen molar-refractivity contribution in [2.45, 2.75) is 135 Å². The van der Waals surface area contributed by atoms with Crippen LogP contribution in [0.2, 0.25) is 0 Å². The van der Waals surface area contributed by atoms with Gasteiger partial charge < -0.3 is 39.7 Å². The van der Waals surface area contributed by atoms with Crippen molar-refractivity contribution in [1.29, 1.82) is 0 Å². The zero-order chi connectivity index (χ0) is 29.5. The highest BCUT2D eigenvalue weighted by atomic mass is 16.7. The predicted molar refractivity (Wildman–Crippen MR) is 152 cm³/mol. The van der Waals surface area contributed by atoms with Gasteiger partial charge in [0.2, 0.25) is 0 Å². The number of fused-ring (bicyclic) bond motifs is 7. The van der Waals surface area contributed by atoms with E-state index in [9.17, 15) is 25.5 Å². The van der Waals surface area contributed by atoms with Gasteiger partial charge in [-0.25, -0.2) is 0 Å². The van der Waals surface area contributed by atoms with Gasteiger partial charge in [-0.3, -0.25) is 0 Å². The lowest BCUT2D eigenvalue weighted by Crippen LogP contribution is -2.60. The number of aliphatic hydroxyl groups excluding tert-OH is 4. The Morgan fingerprint density at radius 1 is 0.927 bits per heavy atom. The lowest BCUT2D eigenvalue weighted by Gasteiger charge is -2.61. The van der Waals surface area contributed by atoms with E-state index < -0.39 is 43.1 Å². The first-order valence-corrected chi connectivity index (χ1v) is 16.4. The van der Waals surface area contributed by atoms with Crippen LogP contribution in [-0.4, -0.2) is 80.8 Å². The molecule has 2 saturated heterocycles. The summed E-state index contributed by atoms with van der Waals surface area (Å²) < 4.78 is 18.4. The SMILES string of the molecule is CC(C)/C=C/[C@@]1(O)O[C@H]2C[C@H]3[C@@H]4CC[C@@H]5C[C@@H](O[C@@H]6OC(CO)C(O)C(O)C6O)CC[C@]5(C)[C@H]4CC[C@]3(C)[C@H]2[C@@H]1C. The molecule has 0 aromatic heterocycles. The number of hydrogen-bond acceptors (Lipinski definition) is 8. The minimum atomic E-state index is -1.41. The van der Waals surface area contributed by atoms with Crippen LogP contribution in [0.5, 0.6) is 0 Å². The summed E-state index contributed by atoms with van der Waals surface area (Å²) in [5.41, 5.74) is 0.429. The maximum Gasteiger partial charge on any atom is 0.188 e. The molecule has 6 fully saturated rings. The first kappa shape index (κ1) is 30.4. The quantitative estimate of drug-likeness (QED) is 0.248. The third-order valence-electron chi connectivity index (χ3n) is 13.1. The first-order valence-electron chi connectivity index (χ1n) is 16.4. The molecule has 0 aromatic rings. The Morgan fingerprint density at radius 3 is 2.37 bits per heavy atom. The van der Waals surface area contributed by atoms with Gasteiger partial charge >= 0.3 is 0 Å². The number of hydrogen-bond donors (Lipinski definition) is 5. The Morgan fingerprint density at radius 2 is 1.66 bits per heavy atom. The fraction of sp³-hybridized carbons (Fsp3) is 0.939. The van der Waals surface area contributed by atoms with E-state index in [0.29, 0.717) is 35.5 Å². The molecular formula is C33H54O8. The molecule has 41 heavy (non-hydrogen) atoms. The number of aliphatic hydroxyl groups is 5. The van der Waals surface area contributed by atoms with E-state index >= 15 is 0 Å². The molecule has 4 unspecified atom stereocenters. The van der Waals surface area contributed by atoms with Gasteiger partial charge in [0, 0.05) is 5.92 Å². The van der Waals surface area contributed by atoms with E-state index in [0.717, 1.165) is 32.1 Å². The normalized spacial score (nSPS) is 56.9. The Hall–Kier alpha value is -0.580. The molecular weight excluding hydrogens is 524 g/mol. The molecule has 4 aliphatic carbocycles. The standard InChI is InChI=1S/C33H54O8/c1-17(2)8-13-33(38)18(3)26-24(41-33)15-23-21-7-6-19-14-20(9-11-31(19,4)22(21)10-12-32(23,26)5)39-30-29(37)28(36)27(35)25(16-34)40-30/h8,13,17-30,34-38H,6-7,9-12,14-16H2,1-5H3/b13-8+/t18-,19+,20-,21+,22-,23-,24-,25?,26-,27?,28?,29?,30+,31-,32-,33+/m0/s1. The highest BCUT2D eigenvalue weighted by molar-refractivity contribution is 5.17. The molecule has 6 aliphatic rings. The molecule has 8 heteroatoms. The monoisotopic (exact) mass is 578 g/mol. The molecule has 2 heterocycles. The molecule has 0 spiro atoms. The summed E-state index contributed by atoms with van der Waals surface area (Å²) >= 11 is 0. The molecule has 4 saturated carbocycles. The van der Waals surface area contributed by atoms with Crippen molar-refractivity contribution in [3.8, 4) is 0 Å². The lowest BCUT2D eigenvalue weighted by atomic mass is 9.44. The summed E-state index contributed by atoms with van der Waals surface area (Å²) in [6.07, 6.45) is 6.55. The Kier molecular flexibility index (Phi) is 8.02. The molecule has 5 N–H and O–H groups in total. The van der Waals surface area contributed by atoms with E-state index in [1.165, 1.54) is 19.3 Å². The topological polar surface area (TPSA) is 129 Å². The van der Waals surface area contributed by atoms with Crippen molar-refractivity contribution in [2.75, 3.05) is 6.61 Å². The van der Waals surface area contributed by atoms with E-state index in [1.807, 2.05) is 6.08 Å². The van der Waals surface area contributed by atoms with E-state index in [2.05, 4.69) is 40.7 Å².